The van der Waals surface area contributed by atoms with Crippen LogP contribution in [-0.2, 0) is 5.41 Å². The van der Waals surface area contributed by atoms with Crippen molar-refractivity contribution in [3.63, 3.8) is 0 Å². The molecule has 0 amide bonds. The molecule has 142 valence electrons. The summed E-state index contributed by atoms with van der Waals surface area (Å²) in [5.41, 5.74) is 19.7. The summed E-state index contributed by atoms with van der Waals surface area (Å²) in [4.78, 5) is 0. The van der Waals surface area contributed by atoms with Crippen molar-refractivity contribution in [2.45, 2.75) is 12.3 Å². The van der Waals surface area contributed by atoms with E-state index in [9.17, 15) is 4.39 Å². The lowest BCUT2D eigenvalue weighted by atomic mass is 9.67. The van der Waals surface area contributed by atoms with Crippen LogP contribution in [0, 0.1) is 12.7 Å². The Morgan fingerprint density at radius 2 is 1.17 bits per heavy atom. The molecule has 1 aliphatic carbocycles. The molecule has 4 aromatic rings. The summed E-state index contributed by atoms with van der Waals surface area (Å²) in [6, 6.07) is 28.0. The minimum Gasteiger partial charge on any atom is -0.399 e. The number of nitrogen functional groups attached to an aromatic ring is 2. The van der Waals surface area contributed by atoms with Gasteiger partial charge < -0.3 is 11.5 Å². The van der Waals surface area contributed by atoms with E-state index in [1.165, 1.54) is 0 Å². The summed E-state index contributed by atoms with van der Waals surface area (Å²) in [6.07, 6.45) is 0. The quantitative estimate of drug-likeness (QED) is 0.388. The molecule has 0 unspecified atom stereocenters. The molecule has 0 spiro atoms. The van der Waals surface area contributed by atoms with Crippen molar-refractivity contribution in [1.82, 2.24) is 0 Å². The van der Waals surface area contributed by atoms with Gasteiger partial charge >= 0.3 is 0 Å². The summed E-state index contributed by atoms with van der Waals surface area (Å²) in [5, 5.41) is 0. The van der Waals surface area contributed by atoms with Crippen molar-refractivity contribution in [3.05, 3.63) is 119 Å². The fraction of sp³-hybridized carbons (Fsp3) is 0.0769. The Morgan fingerprint density at radius 3 is 1.72 bits per heavy atom. The second kappa shape index (κ2) is 6.21. The number of hydrogen-bond donors (Lipinski definition) is 2. The molecule has 0 aromatic heterocycles. The number of fused-ring (bicyclic) bond motifs is 3. The number of rotatable bonds is 2. The summed E-state index contributed by atoms with van der Waals surface area (Å²) in [6.45, 7) is 2.00. The summed E-state index contributed by atoms with van der Waals surface area (Å²) >= 11 is 0. The molecule has 0 radical (unpaired) electrons. The monoisotopic (exact) mass is 380 g/mol. The SMILES string of the molecule is Cc1cc(C2(c3ccc(N)c(F)c3)c3ccccc3-c3ccccc32)ccc1N. The predicted octanol–water partition coefficient (Wildman–Crippen LogP) is 5.66. The molecule has 3 heteroatoms. The molecule has 0 bridgehead atoms. The van der Waals surface area contributed by atoms with E-state index in [1.54, 1.807) is 12.1 Å². The van der Waals surface area contributed by atoms with Crippen LogP contribution in [0.2, 0.25) is 0 Å². The average molecular weight is 380 g/mol. The van der Waals surface area contributed by atoms with Crippen molar-refractivity contribution >= 4 is 11.4 Å². The van der Waals surface area contributed by atoms with E-state index in [2.05, 4.69) is 36.4 Å². The van der Waals surface area contributed by atoms with E-state index >= 15 is 0 Å². The second-order valence-electron chi connectivity index (χ2n) is 7.65. The van der Waals surface area contributed by atoms with Crippen molar-refractivity contribution in [1.29, 1.82) is 0 Å². The van der Waals surface area contributed by atoms with Crippen LogP contribution in [0.15, 0.2) is 84.9 Å². The molecule has 0 aliphatic heterocycles. The maximum atomic E-state index is 14.7. The number of aryl methyl sites for hydroxylation is 1. The average Bonchev–Trinajstić information content (AvgIpc) is 3.04. The van der Waals surface area contributed by atoms with Crippen LogP contribution in [0.1, 0.15) is 27.8 Å². The molecule has 4 aromatic carbocycles. The van der Waals surface area contributed by atoms with Gasteiger partial charge in [-0.3, -0.25) is 0 Å². The lowest BCUT2D eigenvalue weighted by Gasteiger charge is -2.34. The highest BCUT2D eigenvalue weighted by Gasteiger charge is 2.46. The fourth-order valence-electron chi connectivity index (χ4n) is 4.69. The highest BCUT2D eigenvalue weighted by atomic mass is 19.1. The maximum absolute atomic E-state index is 14.7. The number of anilines is 2. The Labute approximate surface area is 169 Å². The summed E-state index contributed by atoms with van der Waals surface area (Å²) in [7, 11) is 0. The molecule has 0 atom stereocenters. The largest absolute Gasteiger partial charge is 0.399 e. The lowest BCUT2D eigenvalue weighted by Crippen LogP contribution is -2.29. The second-order valence-corrected chi connectivity index (χ2v) is 7.65. The number of halogens is 1. The summed E-state index contributed by atoms with van der Waals surface area (Å²) in [5.74, 6) is -0.407. The van der Waals surface area contributed by atoms with Crippen LogP contribution < -0.4 is 11.5 Å². The van der Waals surface area contributed by atoms with Crippen LogP contribution in [0.5, 0.6) is 0 Å². The maximum Gasteiger partial charge on any atom is 0.146 e. The zero-order valence-electron chi connectivity index (χ0n) is 16.1. The van der Waals surface area contributed by atoms with E-state index in [1.807, 2.05) is 43.3 Å². The van der Waals surface area contributed by atoms with Crippen molar-refractivity contribution in [2.75, 3.05) is 11.5 Å². The highest BCUT2D eigenvalue weighted by molar-refractivity contribution is 5.86. The van der Waals surface area contributed by atoms with Gasteiger partial charge in [0, 0.05) is 5.69 Å². The van der Waals surface area contributed by atoms with Gasteiger partial charge in [0.25, 0.3) is 0 Å². The van der Waals surface area contributed by atoms with Crippen LogP contribution in [0.25, 0.3) is 11.1 Å². The van der Waals surface area contributed by atoms with E-state index < -0.39 is 11.2 Å². The van der Waals surface area contributed by atoms with Crippen LogP contribution >= 0.6 is 0 Å². The minimum atomic E-state index is -0.639. The van der Waals surface area contributed by atoms with Gasteiger partial charge in [0.2, 0.25) is 0 Å². The first-order chi connectivity index (χ1) is 14.0. The third-order valence-electron chi connectivity index (χ3n) is 6.09. The van der Waals surface area contributed by atoms with Crippen molar-refractivity contribution in [3.8, 4) is 11.1 Å². The molecular weight excluding hydrogens is 359 g/mol. The van der Waals surface area contributed by atoms with E-state index in [4.69, 9.17) is 11.5 Å². The molecule has 4 N–H and O–H groups in total. The van der Waals surface area contributed by atoms with Crippen molar-refractivity contribution in [2.24, 2.45) is 0 Å². The number of hydrogen-bond acceptors (Lipinski definition) is 2. The van der Waals surface area contributed by atoms with Gasteiger partial charge in [0.05, 0.1) is 11.1 Å². The summed E-state index contributed by atoms with van der Waals surface area (Å²) < 4.78 is 14.7. The van der Waals surface area contributed by atoms with Gasteiger partial charge in [-0.05, 0) is 64.1 Å². The van der Waals surface area contributed by atoms with E-state index in [-0.39, 0.29) is 5.69 Å². The van der Waals surface area contributed by atoms with Gasteiger partial charge in [-0.2, -0.15) is 0 Å². The Balaban J connectivity index is 1.97. The third-order valence-corrected chi connectivity index (χ3v) is 6.09. The Hall–Kier alpha value is -3.59. The predicted molar refractivity (Wildman–Crippen MR) is 117 cm³/mol. The van der Waals surface area contributed by atoms with Gasteiger partial charge in [-0.1, -0.05) is 66.7 Å². The first-order valence-corrected chi connectivity index (χ1v) is 9.65. The molecule has 29 heavy (non-hydrogen) atoms. The minimum absolute atomic E-state index is 0.150. The molecule has 5 rings (SSSR count). The smallest absolute Gasteiger partial charge is 0.146 e. The molecule has 0 heterocycles. The molecule has 1 aliphatic rings. The molecule has 2 nitrogen and oxygen atoms in total. The number of nitrogens with two attached hydrogens (primary N) is 2. The normalized spacial score (nSPS) is 13.7. The van der Waals surface area contributed by atoms with Gasteiger partial charge in [0.1, 0.15) is 5.82 Å². The fourth-order valence-corrected chi connectivity index (χ4v) is 4.69. The van der Waals surface area contributed by atoms with Gasteiger partial charge in [-0.25, -0.2) is 4.39 Å². The molecule has 0 fully saturated rings. The lowest BCUT2D eigenvalue weighted by molar-refractivity contribution is 0.625. The van der Waals surface area contributed by atoms with E-state index in [0.29, 0.717) is 0 Å². The van der Waals surface area contributed by atoms with E-state index in [0.717, 1.165) is 44.6 Å². The zero-order valence-corrected chi connectivity index (χ0v) is 16.1. The zero-order chi connectivity index (χ0) is 20.2. The third kappa shape index (κ3) is 2.34. The molecule has 0 saturated heterocycles. The number of benzene rings is 4. The van der Waals surface area contributed by atoms with Crippen LogP contribution in [-0.4, -0.2) is 0 Å². The van der Waals surface area contributed by atoms with Crippen LogP contribution in [0.4, 0.5) is 15.8 Å². The Morgan fingerprint density at radius 1 is 0.655 bits per heavy atom. The topological polar surface area (TPSA) is 52.0 Å². The first-order valence-electron chi connectivity index (χ1n) is 9.65. The molecular formula is C26H21FN2. The van der Waals surface area contributed by atoms with Crippen molar-refractivity contribution < 1.29 is 4.39 Å². The molecule has 0 saturated carbocycles. The highest BCUT2D eigenvalue weighted by Crippen LogP contribution is 2.56. The van der Waals surface area contributed by atoms with Gasteiger partial charge in [-0.15, -0.1) is 0 Å². The Bertz CT molecular complexity index is 1160. The first kappa shape index (κ1) is 17.5. The Kier molecular flexibility index (Phi) is 3.75. The van der Waals surface area contributed by atoms with Crippen LogP contribution in [0.3, 0.4) is 0 Å². The standard InChI is InChI=1S/C26H21FN2/c1-16-14-17(10-12-24(16)28)26(18-11-13-25(29)23(27)15-18)21-8-4-2-6-19(21)20-7-3-5-9-22(20)26/h2-15H,28-29H2,1H3. The van der Waals surface area contributed by atoms with Gasteiger partial charge in [0.15, 0.2) is 0 Å².